The molecule has 1 aromatic carbocycles. The second-order valence-corrected chi connectivity index (χ2v) is 4.95. The van der Waals surface area contributed by atoms with E-state index < -0.39 is 0 Å². The molecule has 0 radical (unpaired) electrons. The number of pyridine rings is 1. The standard InChI is InChI=1S/C17H19N3O2/c1-13(21)15-4-6-16(7-5-15)19-10-8-17(22)20-12-14-3-2-9-18-11-14/h2-7,9,11,19H,8,10,12H2,1H3,(H,20,22). The molecule has 2 N–H and O–H groups in total. The van der Waals surface area contributed by atoms with Crippen LogP contribution in [0.1, 0.15) is 29.3 Å². The molecule has 0 spiro atoms. The van der Waals surface area contributed by atoms with Crippen molar-refractivity contribution in [2.45, 2.75) is 19.9 Å². The molecule has 1 amide bonds. The normalized spacial score (nSPS) is 10.0. The third kappa shape index (κ3) is 5.01. The third-order valence-electron chi connectivity index (χ3n) is 3.19. The molecule has 5 heteroatoms. The average molecular weight is 297 g/mol. The largest absolute Gasteiger partial charge is 0.385 e. The van der Waals surface area contributed by atoms with Crippen LogP contribution in [0.25, 0.3) is 0 Å². The van der Waals surface area contributed by atoms with Crippen molar-refractivity contribution >= 4 is 17.4 Å². The van der Waals surface area contributed by atoms with Gasteiger partial charge in [-0.25, -0.2) is 0 Å². The maximum Gasteiger partial charge on any atom is 0.222 e. The van der Waals surface area contributed by atoms with Crippen molar-refractivity contribution in [2.24, 2.45) is 0 Å². The summed E-state index contributed by atoms with van der Waals surface area (Å²) >= 11 is 0. The quantitative estimate of drug-likeness (QED) is 0.770. The van der Waals surface area contributed by atoms with E-state index in [-0.39, 0.29) is 11.7 Å². The fourth-order valence-electron chi connectivity index (χ4n) is 1.93. The Labute approximate surface area is 129 Å². The zero-order valence-electron chi connectivity index (χ0n) is 12.5. The smallest absolute Gasteiger partial charge is 0.222 e. The lowest BCUT2D eigenvalue weighted by Gasteiger charge is -2.08. The predicted octanol–water partition coefficient (Wildman–Crippen LogP) is 2.40. The molecule has 2 rings (SSSR count). The van der Waals surface area contributed by atoms with Crippen molar-refractivity contribution in [3.63, 3.8) is 0 Å². The number of Topliss-reactive ketones (excluding diaryl/α,β-unsaturated/α-hetero) is 1. The molecule has 1 heterocycles. The molecule has 0 aliphatic carbocycles. The summed E-state index contributed by atoms with van der Waals surface area (Å²) in [5.41, 5.74) is 2.55. The van der Waals surface area contributed by atoms with Crippen molar-refractivity contribution in [1.82, 2.24) is 10.3 Å². The molecule has 0 fully saturated rings. The van der Waals surface area contributed by atoms with E-state index in [9.17, 15) is 9.59 Å². The van der Waals surface area contributed by atoms with Gasteiger partial charge in [0.15, 0.2) is 5.78 Å². The maximum absolute atomic E-state index is 11.7. The molecule has 114 valence electrons. The minimum atomic E-state index is -0.0169. The fourth-order valence-corrected chi connectivity index (χ4v) is 1.93. The summed E-state index contributed by atoms with van der Waals surface area (Å²) in [6.07, 6.45) is 3.82. The minimum Gasteiger partial charge on any atom is -0.385 e. The first kappa shape index (κ1) is 15.7. The van der Waals surface area contributed by atoms with E-state index in [1.165, 1.54) is 6.92 Å². The Hall–Kier alpha value is -2.69. The van der Waals surface area contributed by atoms with Crippen LogP contribution in [0, 0.1) is 0 Å². The van der Waals surface area contributed by atoms with E-state index in [1.54, 1.807) is 24.5 Å². The maximum atomic E-state index is 11.7. The second-order valence-electron chi connectivity index (χ2n) is 4.95. The number of rotatable bonds is 7. The van der Waals surface area contributed by atoms with E-state index in [2.05, 4.69) is 15.6 Å². The molecule has 0 atom stereocenters. The Morgan fingerprint density at radius 3 is 2.55 bits per heavy atom. The molecule has 5 nitrogen and oxygen atoms in total. The number of anilines is 1. The van der Waals surface area contributed by atoms with Crippen LogP contribution >= 0.6 is 0 Å². The summed E-state index contributed by atoms with van der Waals surface area (Å²) in [4.78, 5) is 26.9. The number of nitrogens with zero attached hydrogens (tertiary/aromatic N) is 1. The molecular weight excluding hydrogens is 278 g/mol. The number of ketones is 1. The highest BCUT2D eigenvalue weighted by Gasteiger charge is 2.02. The van der Waals surface area contributed by atoms with E-state index in [0.29, 0.717) is 25.1 Å². The molecule has 0 unspecified atom stereocenters. The SMILES string of the molecule is CC(=O)c1ccc(NCCC(=O)NCc2cccnc2)cc1. The van der Waals surface area contributed by atoms with Gasteiger partial charge in [-0.2, -0.15) is 0 Å². The van der Waals surface area contributed by atoms with E-state index in [0.717, 1.165) is 11.3 Å². The Kier molecular flexibility index (Phi) is 5.65. The van der Waals surface area contributed by atoms with Crippen molar-refractivity contribution in [3.8, 4) is 0 Å². The van der Waals surface area contributed by atoms with E-state index in [4.69, 9.17) is 0 Å². The lowest BCUT2D eigenvalue weighted by Crippen LogP contribution is -2.24. The van der Waals surface area contributed by atoms with Crippen LogP contribution in [-0.4, -0.2) is 23.2 Å². The summed E-state index contributed by atoms with van der Waals surface area (Å²) in [6, 6.07) is 11.0. The van der Waals surface area contributed by atoms with Crippen molar-refractivity contribution < 1.29 is 9.59 Å². The minimum absolute atomic E-state index is 0.0169. The highest BCUT2D eigenvalue weighted by molar-refractivity contribution is 5.94. The van der Waals surface area contributed by atoms with Gasteiger partial charge >= 0.3 is 0 Å². The highest BCUT2D eigenvalue weighted by atomic mass is 16.1. The van der Waals surface area contributed by atoms with Crippen LogP contribution < -0.4 is 10.6 Å². The van der Waals surface area contributed by atoms with Crippen LogP contribution in [0.15, 0.2) is 48.8 Å². The van der Waals surface area contributed by atoms with Crippen molar-refractivity contribution in [3.05, 3.63) is 59.9 Å². The number of hydrogen-bond donors (Lipinski definition) is 2. The summed E-state index contributed by atoms with van der Waals surface area (Å²) in [5, 5.41) is 6.00. The van der Waals surface area contributed by atoms with Gasteiger partial charge in [0.05, 0.1) is 0 Å². The van der Waals surface area contributed by atoms with Crippen molar-refractivity contribution in [1.29, 1.82) is 0 Å². The van der Waals surface area contributed by atoms with Crippen LogP contribution in [0.5, 0.6) is 0 Å². The van der Waals surface area contributed by atoms with Gasteiger partial charge in [-0.1, -0.05) is 6.07 Å². The molecule has 0 saturated carbocycles. The number of carbonyl (C=O) groups excluding carboxylic acids is 2. The summed E-state index contributed by atoms with van der Waals surface area (Å²) in [6.45, 7) is 2.56. The lowest BCUT2D eigenvalue weighted by molar-refractivity contribution is -0.121. The Morgan fingerprint density at radius 1 is 1.14 bits per heavy atom. The van der Waals surface area contributed by atoms with Gasteiger partial charge in [-0.15, -0.1) is 0 Å². The zero-order chi connectivity index (χ0) is 15.8. The number of carbonyl (C=O) groups is 2. The number of amides is 1. The molecule has 0 aliphatic heterocycles. The Bertz CT molecular complexity index is 624. The summed E-state index contributed by atoms with van der Waals surface area (Å²) in [5.74, 6) is 0.0260. The van der Waals surface area contributed by atoms with Crippen LogP contribution in [-0.2, 0) is 11.3 Å². The molecule has 0 saturated heterocycles. The fraction of sp³-hybridized carbons (Fsp3) is 0.235. The molecule has 22 heavy (non-hydrogen) atoms. The molecular formula is C17H19N3O2. The Morgan fingerprint density at radius 2 is 1.91 bits per heavy atom. The predicted molar refractivity (Wildman–Crippen MR) is 85.6 cm³/mol. The first-order valence-electron chi connectivity index (χ1n) is 7.15. The number of nitrogens with one attached hydrogen (secondary N) is 2. The first-order chi connectivity index (χ1) is 10.6. The first-order valence-corrected chi connectivity index (χ1v) is 7.15. The van der Waals surface area contributed by atoms with Gasteiger partial charge in [-0.05, 0) is 42.8 Å². The van der Waals surface area contributed by atoms with Gasteiger partial charge in [0.2, 0.25) is 5.91 Å². The molecule has 2 aromatic rings. The molecule has 0 bridgehead atoms. The average Bonchev–Trinajstić information content (AvgIpc) is 2.54. The number of aromatic nitrogens is 1. The van der Waals surface area contributed by atoms with Crippen molar-refractivity contribution in [2.75, 3.05) is 11.9 Å². The second kappa shape index (κ2) is 7.93. The molecule has 0 aliphatic rings. The Balaban J connectivity index is 1.69. The van der Waals surface area contributed by atoms with E-state index in [1.807, 2.05) is 24.3 Å². The van der Waals surface area contributed by atoms with Gasteiger partial charge in [-0.3, -0.25) is 14.6 Å². The number of hydrogen-bond acceptors (Lipinski definition) is 4. The van der Waals surface area contributed by atoms with Gasteiger partial charge < -0.3 is 10.6 Å². The van der Waals surface area contributed by atoms with Crippen LogP contribution in [0.4, 0.5) is 5.69 Å². The monoisotopic (exact) mass is 297 g/mol. The zero-order valence-corrected chi connectivity index (χ0v) is 12.5. The van der Waals surface area contributed by atoms with Gasteiger partial charge in [0, 0.05) is 43.2 Å². The van der Waals surface area contributed by atoms with Gasteiger partial charge in [0.1, 0.15) is 0 Å². The topological polar surface area (TPSA) is 71.1 Å². The highest BCUT2D eigenvalue weighted by Crippen LogP contribution is 2.09. The van der Waals surface area contributed by atoms with Gasteiger partial charge in [0.25, 0.3) is 0 Å². The van der Waals surface area contributed by atoms with E-state index >= 15 is 0 Å². The third-order valence-corrected chi connectivity index (χ3v) is 3.19. The lowest BCUT2D eigenvalue weighted by atomic mass is 10.1. The number of benzene rings is 1. The van der Waals surface area contributed by atoms with Crippen LogP contribution in [0.3, 0.4) is 0 Å². The molecule has 1 aromatic heterocycles. The summed E-state index contributed by atoms with van der Waals surface area (Å²) < 4.78 is 0. The van der Waals surface area contributed by atoms with Crippen LogP contribution in [0.2, 0.25) is 0 Å². The summed E-state index contributed by atoms with van der Waals surface area (Å²) in [7, 11) is 0.